The minimum Gasteiger partial charge on any atom is -0.310 e. The fourth-order valence-electron chi connectivity index (χ4n) is 2.84. The highest BCUT2D eigenvalue weighted by atomic mass is 32.2. The average molecular weight is 298 g/mol. The largest absolute Gasteiger partial charge is 0.310 e. The summed E-state index contributed by atoms with van der Waals surface area (Å²) in [5.74, 6) is 1.21. The van der Waals surface area contributed by atoms with Crippen LogP contribution >= 0.6 is 11.8 Å². The van der Waals surface area contributed by atoms with Gasteiger partial charge in [-0.25, -0.2) is 0 Å². The van der Waals surface area contributed by atoms with Crippen LogP contribution in [0.2, 0.25) is 0 Å². The van der Waals surface area contributed by atoms with Gasteiger partial charge in [-0.05, 0) is 44.2 Å². The van der Waals surface area contributed by atoms with E-state index in [9.17, 15) is 0 Å². The highest BCUT2D eigenvalue weighted by Gasteiger charge is 2.21. The zero-order valence-electron chi connectivity index (χ0n) is 13.8. The molecule has 0 aliphatic rings. The van der Waals surface area contributed by atoms with Gasteiger partial charge in [-0.15, -0.1) is 0 Å². The second-order valence-electron chi connectivity index (χ2n) is 5.10. The van der Waals surface area contributed by atoms with E-state index in [4.69, 9.17) is 5.10 Å². The maximum absolute atomic E-state index is 4.89. The van der Waals surface area contributed by atoms with Crippen molar-refractivity contribution in [2.75, 3.05) is 18.6 Å². The van der Waals surface area contributed by atoms with Crippen LogP contribution in [0.5, 0.6) is 0 Å². The van der Waals surface area contributed by atoms with Gasteiger partial charge in [0.1, 0.15) is 0 Å². The number of thioether (sulfide) groups is 1. The van der Waals surface area contributed by atoms with Crippen molar-refractivity contribution in [1.82, 2.24) is 15.1 Å². The van der Waals surface area contributed by atoms with Gasteiger partial charge in [0, 0.05) is 23.8 Å². The molecule has 0 fully saturated rings. The zero-order chi connectivity index (χ0) is 15.0. The van der Waals surface area contributed by atoms with E-state index in [0.717, 1.165) is 32.4 Å². The molecule has 3 nitrogen and oxygen atoms in total. The molecule has 1 heterocycles. The molecule has 20 heavy (non-hydrogen) atoms. The molecule has 1 aromatic rings. The van der Waals surface area contributed by atoms with Gasteiger partial charge >= 0.3 is 0 Å². The molecule has 0 aliphatic heterocycles. The maximum Gasteiger partial charge on any atom is 0.0672 e. The lowest BCUT2D eigenvalue weighted by Gasteiger charge is -2.18. The van der Waals surface area contributed by atoms with E-state index < -0.39 is 0 Å². The second kappa shape index (κ2) is 9.46. The van der Waals surface area contributed by atoms with Crippen LogP contribution < -0.4 is 5.32 Å². The van der Waals surface area contributed by atoms with Gasteiger partial charge in [0.15, 0.2) is 0 Å². The summed E-state index contributed by atoms with van der Waals surface area (Å²) in [7, 11) is 0. The van der Waals surface area contributed by atoms with Crippen molar-refractivity contribution in [2.45, 2.75) is 66.0 Å². The van der Waals surface area contributed by atoms with Crippen molar-refractivity contribution >= 4 is 11.8 Å². The number of rotatable bonds is 10. The van der Waals surface area contributed by atoms with Gasteiger partial charge in [-0.1, -0.05) is 27.7 Å². The van der Waals surface area contributed by atoms with Crippen LogP contribution in [0.1, 0.15) is 63.5 Å². The van der Waals surface area contributed by atoms with Gasteiger partial charge in [0.25, 0.3) is 0 Å². The first kappa shape index (κ1) is 17.6. The Kier molecular flexibility index (Phi) is 8.31. The van der Waals surface area contributed by atoms with E-state index in [2.05, 4.69) is 43.9 Å². The summed E-state index contributed by atoms with van der Waals surface area (Å²) in [4.78, 5) is 0. The van der Waals surface area contributed by atoms with Crippen LogP contribution in [-0.4, -0.2) is 28.3 Å². The Hall–Kier alpha value is -0.480. The van der Waals surface area contributed by atoms with Crippen LogP contribution in [0, 0.1) is 0 Å². The molecule has 0 bridgehead atoms. The molecule has 0 saturated carbocycles. The van der Waals surface area contributed by atoms with E-state index in [0.29, 0.717) is 6.04 Å². The molecule has 1 atom stereocenters. The lowest BCUT2D eigenvalue weighted by atomic mass is 9.99. The second-order valence-corrected chi connectivity index (χ2v) is 6.09. The van der Waals surface area contributed by atoms with Crippen molar-refractivity contribution in [3.8, 4) is 0 Å². The van der Waals surface area contributed by atoms with Crippen molar-refractivity contribution in [3.63, 3.8) is 0 Å². The highest BCUT2D eigenvalue weighted by Crippen LogP contribution is 2.26. The van der Waals surface area contributed by atoms with Crippen LogP contribution in [0.4, 0.5) is 0 Å². The third-order valence-electron chi connectivity index (χ3n) is 3.77. The molecular weight excluding hydrogens is 266 g/mol. The molecule has 1 rings (SSSR count). The summed E-state index contributed by atoms with van der Waals surface area (Å²) in [5, 5.41) is 8.51. The van der Waals surface area contributed by atoms with Crippen molar-refractivity contribution in [2.24, 2.45) is 0 Å². The topological polar surface area (TPSA) is 29.9 Å². The maximum atomic E-state index is 4.89. The number of aromatic nitrogens is 2. The van der Waals surface area contributed by atoms with Crippen molar-refractivity contribution < 1.29 is 0 Å². The molecule has 0 aromatic carbocycles. The fourth-order valence-corrected chi connectivity index (χ4v) is 3.26. The molecule has 116 valence electrons. The molecule has 4 heteroatoms. The Balaban J connectivity index is 3.06. The molecule has 0 radical (unpaired) electrons. The number of hydrogen-bond acceptors (Lipinski definition) is 3. The first-order valence-electron chi connectivity index (χ1n) is 8.04. The lowest BCUT2D eigenvalue weighted by molar-refractivity contribution is 0.524. The Labute approximate surface area is 128 Å². The predicted molar refractivity (Wildman–Crippen MR) is 90.7 cm³/mol. The number of aryl methyl sites for hydroxylation is 2. The molecule has 1 unspecified atom stereocenters. The van der Waals surface area contributed by atoms with Gasteiger partial charge in [-0.2, -0.15) is 16.9 Å². The van der Waals surface area contributed by atoms with E-state index in [1.807, 2.05) is 11.8 Å². The zero-order valence-corrected chi connectivity index (χ0v) is 14.6. The molecule has 1 N–H and O–H groups in total. The van der Waals surface area contributed by atoms with E-state index in [-0.39, 0.29) is 0 Å². The van der Waals surface area contributed by atoms with Gasteiger partial charge in [0.2, 0.25) is 0 Å². The van der Waals surface area contributed by atoms with Gasteiger partial charge in [0.05, 0.1) is 5.69 Å². The summed E-state index contributed by atoms with van der Waals surface area (Å²) in [6.07, 6.45) is 6.61. The smallest absolute Gasteiger partial charge is 0.0672 e. The summed E-state index contributed by atoms with van der Waals surface area (Å²) in [6, 6.07) is 0.458. The molecule has 1 aromatic heterocycles. The van der Waals surface area contributed by atoms with Crippen LogP contribution in [0.25, 0.3) is 0 Å². The molecule has 0 amide bonds. The Morgan fingerprint density at radius 2 is 1.95 bits per heavy atom. The molecule has 0 spiro atoms. The van der Waals surface area contributed by atoms with Gasteiger partial charge < -0.3 is 5.32 Å². The summed E-state index contributed by atoms with van der Waals surface area (Å²) in [5.41, 5.74) is 4.21. The summed E-state index contributed by atoms with van der Waals surface area (Å²) < 4.78 is 2.27. The quantitative estimate of drug-likeness (QED) is 0.666. The van der Waals surface area contributed by atoms with E-state index in [1.54, 1.807) is 0 Å². The normalized spacial score (nSPS) is 12.8. The summed E-state index contributed by atoms with van der Waals surface area (Å²) >= 11 is 1.92. The minimum absolute atomic E-state index is 0.458. The monoisotopic (exact) mass is 297 g/mol. The fraction of sp³-hybridized carbons (Fsp3) is 0.812. The van der Waals surface area contributed by atoms with Crippen molar-refractivity contribution in [1.29, 1.82) is 0 Å². The van der Waals surface area contributed by atoms with Crippen LogP contribution in [0.15, 0.2) is 0 Å². The number of nitrogens with one attached hydrogen (secondary N) is 1. The van der Waals surface area contributed by atoms with E-state index >= 15 is 0 Å². The van der Waals surface area contributed by atoms with Crippen LogP contribution in [0.3, 0.4) is 0 Å². The Morgan fingerprint density at radius 1 is 1.20 bits per heavy atom. The Bertz CT molecular complexity index is 387. The third kappa shape index (κ3) is 4.26. The standard InChI is InChI=1S/C16H31N3S/c1-6-13(17-9-4)16-14(7-2)18-19(15(16)8-3)11-10-12-20-5/h13,17H,6-12H2,1-5H3. The first-order valence-corrected chi connectivity index (χ1v) is 9.43. The SMILES string of the molecule is CCNC(CC)c1c(CC)nn(CCCSC)c1CC. The average Bonchev–Trinajstić information content (AvgIpc) is 2.82. The molecular formula is C16H31N3S. The number of hydrogen-bond donors (Lipinski definition) is 1. The summed E-state index contributed by atoms with van der Waals surface area (Å²) in [6.45, 7) is 11.0. The van der Waals surface area contributed by atoms with E-state index in [1.165, 1.54) is 29.1 Å². The Morgan fingerprint density at radius 3 is 2.45 bits per heavy atom. The van der Waals surface area contributed by atoms with Crippen LogP contribution in [-0.2, 0) is 19.4 Å². The minimum atomic E-state index is 0.458. The first-order chi connectivity index (χ1) is 9.73. The highest BCUT2D eigenvalue weighted by molar-refractivity contribution is 7.98. The molecule has 0 aliphatic carbocycles. The lowest BCUT2D eigenvalue weighted by Crippen LogP contribution is -2.22. The third-order valence-corrected chi connectivity index (χ3v) is 4.47. The predicted octanol–water partition coefficient (Wildman–Crippen LogP) is 3.82. The molecule has 0 saturated heterocycles. The number of nitrogens with zero attached hydrogens (tertiary/aromatic N) is 2. The van der Waals surface area contributed by atoms with Crippen molar-refractivity contribution in [3.05, 3.63) is 17.0 Å². The van der Waals surface area contributed by atoms with Gasteiger partial charge in [-0.3, -0.25) is 4.68 Å².